The molecule has 12 heteroatoms. The van der Waals surface area contributed by atoms with Gasteiger partial charge in [-0.25, -0.2) is 14.2 Å². The second kappa shape index (κ2) is 13.2. The number of hydrogen-bond acceptors (Lipinski definition) is 7. The van der Waals surface area contributed by atoms with Crippen molar-refractivity contribution in [3.05, 3.63) is 103 Å². The van der Waals surface area contributed by atoms with Gasteiger partial charge in [-0.05, 0) is 48.0 Å². The fourth-order valence-corrected chi connectivity index (χ4v) is 5.00. The molecule has 0 bridgehead atoms. The molecule has 1 aromatic heterocycles. The number of ether oxygens (including phenoxy) is 2. The highest BCUT2D eigenvalue weighted by Crippen LogP contribution is 2.24. The first-order valence-electron chi connectivity index (χ1n) is 13.0. The predicted molar refractivity (Wildman–Crippen MR) is 163 cm³/mol. The van der Waals surface area contributed by atoms with Gasteiger partial charge in [-0.3, -0.25) is 14.2 Å². The molecule has 4 rings (SSSR count). The smallest absolute Gasteiger partial charge is 0.335 e. The zero-order valence-electron chi connectivity index (χ0n) is 23.5. The van der Waals surface area contributed by atoms with Crippen LogP contribution in [-0.4, -0.2) is 61.5 Å². The maximum atomic E-state index is 13.5. The number of esters is 1. The molecule has 42 heavy (non-hydrogen) atoms. The minimum absolute atomic E-state index is 0.00278. The molecule has 0 unspecified atom stereocenters. The molecule has 220 valence electrons. The van der Waals surface area contributed by atoms with Crippen molar-refractivity contribution < 1.29 is 19.1 Å². The maximum absolute atomic E-state index is 13.5. The van der Waals surface area contributed by atoms with Gasteiger partial charge in [0, 0.05) is 40.4 Å². The summed E-state index contributed by atoms with van der Waals surface area (Å²) in [5, 5.41) is 3.33. The average molecular weight is 613 g/mol. The normalized spacial score (nSPS) is 11.8. The number of anilines is 1. The summed E-state index contributed by atoms with van der Waals surface area (Å²) in [5.74, 6) is -1.32. The van der Waals surface area contributed by atoms with Gasteiger partial charge in [-0.15, -0.1) is 0 Å². The van der Waals surface area contributed by atoms with Gasteiger partial charge in [0.1, 0.15) is 12.6 Å². The number of nitrogens with zero attached hydrogens (tertiary/aromatic N) is 3. The molecule has 0 fully saturated rings. The van der Waals surface area contributed by atoms with Crippen LogP contribution in [0.1, 0.15) is 15.9 Å². The number of halogens is 2. The van der Waals surface area contributed by atoms with Crippen LogP contribution in [0.15, 0.2) is 70.3 Å². The van der Waals surface area contributed by atoms with Crippen molar-refractivity contribution in [1.82, 2.24) is 14.5 Å². The molecule has 1 heterocycles. The van der Waals surface area contributed by atoms with Crippen molar-refractivity contribution in [3.8, 4) is 5.69 Å². The van der Waals surface area contributed by atoms with Crippen LogP contribution < -0.4 is 21.5 Å². The van der Waals surface area contributed by atoms with Gasteiger partial charge in [0.2, 0.25) is 0 Å². The van der Waals surface area contributed by atoms with E-state index in [2.05, 4.69) is 5.32 Å². The van der Waals surface area contributed by atoms with Crippen LogP contribution >= 0.6 is 23.2 Å². The average Bonchev–Trinajstić information content (AvgIpc) is 2.96. The number of aromatic nitrogens is 2. The summed E-state index contributed by atoms with van der Waals surface area (Å²) in [7, 11) is 6.82. The Kier molecular flexibility index (Phi) is 9.72. The van der Waals surface area contributed by atoms with E-state index < -0.39 is 29.2 Å². The molecule has 0 radical (unpaired) electrons. The highest BCUT2D eigenvalue weighted by molar-refractivity contribution is 6.39. The lowest BCUT2D eigenvalue weighted by atomic mass is 10.0. The summed E-state index contributed by atoms with van der Waals surface area (Å²) in [6, 6.07) is 15.5. The molecule has 0 aliphatic carbocycles. The maximum Gasteiger partial charge on any atom is 0.335 e. The number of hydrogen-bond donors (Lipinski definition) is 1. The standard InChI is InChI=1S/C30H30Cl2N4O6/c1-34(2)20-12-13-25-21(17-20)28(38)36(30(40)35(25)3)19-10-8-18(9-11-19)16-24(29(39)42-15-14-41-4)33-27(37)26-22(31)6-5-7-23(26)32/h5-13,17,24H,14-16H2,1-4H3,(H,33,37)/t24-/m0/s1. The molecule has 0 aliphatic heterocycles. The summed E-state index contributed by atoms with van der Waals surface area (Å²) in [4.78, 5) is 54.5. The van der Waals surface area contributed by atoms with Crippen molar-refractivity contribution in [1.29, 1.82) is 0 Å². The van der Waals surface area contributed by atoms with Crippen LogP contribution in [-0.2, 0) is 27.7 Å². The molecular formula is C30H30Cl2N4O6. The van der Waals surface area contributed by atoms with Gasteiger partial charge in [-0.1, -0.05) is 41.4 Å². The lowest BCUT2D eigenvalue weighted by Crippen LogP contribution is -2.44. The predicted octanol–water partition coefficient (Wildman–Crippen LogP) is 3.59. The molecule has 0 saturated heterocycles. The van der Waals surface area contributed by atoms with Gasteiger partial charge in [0.15, 0.2) is 0 Å². The van der Waals surface area contributed by atoms with Gasteiger partial charge in [0.25, 0.3) is 11.5 Å². The molecule has 0 spiro atoms. The zero-order chi connectivity index (χ0) is 30.6. The van der Waals surface area contributed by atoms with Crippen LogP contribution in [0.2, 0.25) is 10.0 Å². The van der Waals surface area contributed by atoms with Crippen molar-refractivity contribution >= 4 is 51.7 Å². The van der Waals surface area contributed by atoms with E-state index in [9.17, 15) is 19.2 Å². The van der Waals surface area contributed by atoms with E-state index in [1.165, 1.54) is 23.8 Å². The van der Waals surface area contributed by atoms with Gasteiger partial charge >= 0.3 is 11.7 Å². The first-order valence-corrected chi connectivity index (χ1v) is 13.7. The third-order valence-electron chi connectivity index (χ3n) is 6.72. The van der Waals surface area contributed by atoms with Gasteiger partial charge in [0.05, 0.1) is 38.8 Å². The monoisotopic (exact) mass is 612 g/mol. The summed E-state index contributed by atoms with van der Waals surface area (Å²) in [6.07, 6.45) is 0.0523. The second-order valence-corrected chi connectivity index (χ2v) is 10.5. The first kappa shape index (κ1) is 30.8. The van der Waals surface area contributed by atoms with Crippen molar-refractivity contribution in [2.45, 2.75) is 12.5 Å². The molecule has 10 nitrogen and oxygen atoms in total. The van der Waals surface area contributed by atoms with Crippen molar-refractivity contribution in [2.75, 3.05) is 39.3 Å². The first-order chi connectivity index (χ1) is 20.0. The number of nitrogens with one attached hydrogen (secondary N) is 1. The van der Waals surface area contributed by atoms with Gasteiger partial charge < -0.3 is 19.7 Å². The molecule has 0 aliphatic rings. The number of fused-ring (bicyclic) bond motifs is 1. The molecule has 4 aromatic rings. The topological polar surface area (TPSA) is 112 Å². The third kappa shape index (κ3) is 6.51. The molecule has 3 aromatic carbocycles. The summed E-state index contributed by atoms with van der Waals surface area (Å²) >= 11 is 12.4. The van der Waals surface area contributed by atoms with Crippen molar-refractivity contribution in [2.24, 2.45) is 7.05 Å². The Labute approximate surface area is 252 Å². The number of rotatable bonds is 10. The molecule has 1 atom stereocenters. The van der Waals surface area contributed by atoms with Crippen LogP contribution in [0.3, 0.4) is 0 Å². The largest absolute Gasteiger partial charge is 0.462 e. The zero-order valence-corrected chi connectivity index (χ0v) is 25.0. The summed E-state index contributed by atoms with van der Waals surface area (Å²) < 4.78 is 12.7. The Bertz CT molecular complexity index is 1730. The molecule has 1 N–H and O–H groups in total. The Hall–Kier alpha value is -4.12. The summed E-state index contributed by atoms with van der Waals surface area (Å²) in [6.45, 7) is 0.181. The second-order valence-electron chi connectivity index (χ2n) is 9.73. The number of benzene rings is 3. The summed E-state index contributed by atoms with van der Waals surface area (Å²) in [5.41, 5.74) is 1.42. The minimum Gasteiger partial charge on any atom is -0.462 e. The van der Waals surface area contributed by atoms with Gasteiger partial charge in [-0.2, -0.15) is 0 Å². The quantitative estimate of drug-likeness (QED) is 0.215. The highest BCUT2D eigenvalue weighted by Gasteiger charge is 2.26. The van der Waals surface area contributed by atoms with E-state index in [1.54, 1.807) is 49.5 Å². The lowest BCUT2D eigenvalue weighted by molar-refractivity contribution is -0.147. The Balaban J connectivity index is 1.65. The van der Waals surface area contributed by atoms with E-state index in [0.29, 0.717) is 22.2 Å². The fourth-order valence-electron chi connectivity index (χ4n) is 4.44. The van der Waals surface area contributed by atoms with Crippen LogP contribution in [0.4, 0.5) is 5.69 Å². The molecule has 1 amide bonds. The Morgan fingerprint density at radius 3 is 2.26 bits per heavy atom. The van der Waals surface area contributed by atoms with E-state index in [4.69, 9.17) is 32.7 Å². The van der Waals surface area contributed by atoms with Crippen LogP contribution in [0.25, 0.3) is 16.6 Å². The number of aryl methyl sites for hydroxylation is 1. The molecule has 0 saturated carbocycles. The highest BCUT2D eigenvalue weighted by atomic mass is 35.5. The van der Waals surface area contributed by atoms with Crippen LogP contribution in [0.5, 0.6) is 0 Å². The minimum atomic E-state index is -1.09. The van der Waals surface area contributed by atoms with E-state index in [0.717, 1.165) is 10.3 Å². The third-order valence-corrected chi connectivity index (χ3v) is 7.35. The van der Waals surface area contributed by atoms with Crippen LogP contribution in [0, 0.1) is 0 Å². The number of amides is 1. The Morgan fingerprint density at radius 2 is 1.64 bits per heavy atom. The lowest BCUT2D eigenvalue weighted by Gasteiger charge is -2.19. The number of carbonyl (C=O) groups excluding carboxylic acids is 2. The van der Waals surface area contributed by atoms with E-state index >= 15 is 0 Å². The van der Waals surface area contributed by atoms with E-state index in [-0.39, 0.29) is 35.2 Å². The van der Waals surface area contributed by atoms with E-state index in [1.807, 2.05) is 25.1 Å². The Morgan fingerprint density at radius 1 is 0.976 bits per heavy atom. The fraction of sp³-hybridized carbons (Fsp3) is 0.267. The molecular weight excluding hydrogens is 583 g/mol. The SMILES string of the molecule is COCCOC(=O)[C@H](Cc1ccc(-n2c(=O)c3cc(N(C)C)ccc3n(C)c2=O)cc1)NC(=O)c1c(Cl)cccc1Cl. The number of carbonyl (C=O) groups is 2. The number of methoxy groups -OCH3 is 1. The van der Waals surface area contributed by atoms with Crippen molar-refractivity contribution in [3.63, 3.8) is 0 Å².